The molecular formula is C25H25Cl2N7O3. The minimum Gasteiger partial charge on any atom is -0.455 e. The standard InChI is InChI=1S/C25H25Cl2N7O3/c1-28-14-21(35)33-11-9-32(10-12-33)17-7-5-16(6-8-17)30-25-29-13-18-23(31-25)37-15-34(24(18)36)22-19(26)3-2-4-20(22)27/h2-8,13,28H,9-12,14-15H2,1H3,(H,29,30,31). The van der Waals surface area contributed by atoms with E-state index in [2.05, 4.69) is 25.5 Å². The number of carbonyl (C=O) groups excluding carboxylic acids is 2. The maximum absolute atomic E-state index is 13.1. The summed E-state index contributed by atoms with van der Waals surface area (Å²) in [6.07, 6.45) is 1.42. The van der Waals surface area contributed by atoms with Crippen LogP contribution in [0.15, 0.2) is 48.7 Å². The fourth-order valence-corrected chi connectivity index (χ4v) is 4.89. The van der Waals surface area contributed by atoms with Crippen LogP contribution in [0.2, 0.25) is 10.0 Å². The summed E-state index contributed by atoms with van der Waals surface area (Å²) in [7, 11) is 1.78. The number of nitrogens with one attached hydrogen (secondary N) is 2. The number of hydrogen-bond acceptors (Lipinski definition) is 8. The van der Waals surface area contributed by atoms with Gasteiger partial charge in [-0.1, -0.05) is 29.3 Å². The normalized spacial score (nSPS) is 15.3. The van der Waals surface area contributed by atoms with E-state index in [1.165, 1.54) is 11.1 Å². The van der Waals surface area contributed by atoms with E-state index in [1.807, 2.05) is 29.2 Å². The highest BCUT2D eigenvalue weighted by Gasteiger charge is 2.31. The van der Waals surface area contributed by atoms with Gasteiger partial charge in [0.15, 0.2) is 6.73 Å². The first kappa shape index (κ1) is 25.1. The summed E-state index contributed by atoms with van der Waals surface area (Å²) < 4.78 is 5.75. The number of para-hydroxylation sites is 1. The van der Waals surface area contributed by atoms with Crippen molar-refractivity contribution in [3.63, 3.8) is 0 Å². The number of rotatable bonds is 6. The number of halogens is 2. The largest absolute Gasteiger partial charge is 0.455 e. The molecule has 0 aliphatic carbocycles. The third kappa shape index (κ3) is 5.27. The molecule has 2 amide bonds. The molecule has 0 atom stereocenters. The highest BCUT2D eigenvalue weighted by molar-refractivity contribution is 6.40. The van der Waals surface area contributed by atoms with Gasteiger partial charge in [0, 0.05) is 43.8 Å². The molecule has 2 N–H and O–H groups in total. The maximum atomic E-state index is 13.1. The molecule has 0 unspecified atom stereocenters. The second-order valence-electron chi connectivity index (χ2n) is 8.56. The number of amides is 2. The summed E-state index contributed by atoms with van der Waals surface area (Å²) in [6, 6.07) is 12.9. The molecule has 1 fully saturated rings. The van der Waals surface area contributed by atoms with E-state index in [4.69, 9.17) is 27.9 Å². The molecule has 1 aromatic heterocycles. The van der Waals surface area contributed by atoms with Gasteiger partial charge in [-0.25, -0.2) is 4.98 Å². The number of anilines is 4. The molecule has 3 aromatic rings. The molecule has 5 rings (SSSR count). The average molecular weight is 542 g/mol. The average Bonchev–Trinajstić information content (AvgIpc) is 2.90. The van der Waals surface area contributed by atoms with Gasteiger partial charge in [-0.05, 0) is 43.4 Å². The van der Waals surface area contributed by atoms with Gasteiger partial charge in [-0.2, -0.15) is 4.98 Å². The van der Waals surface area contributed by atoms with Crippen LogP contribution in [0.3, 0.4) is 0 Å². The summed E-state index contributed by atoms with van der Waals surface area (Å²) >= 11 is 12.5. The number of benzene rings is 2. The molecule has 2 aliphatic heterocycles. The van der Waals surface area contributed by atoms with Crippen LogP contribution >= 0.6 is 23.2 Å². The Hall–Kier alpha value is -3.60. The van der Waals surface area contributed by atoms with E-state index in [9.17, 15) is 9.59 Å². The zero-order valence-corrected chi connectivity index (χ0v) is 21.6. The predicted octanol–water partition coefficient (Wildman–Crippen LogP) is 3.39. The summed E-state index contributed by atoms with van der Waals surface area (Å²) in [4.78, 5) is 39.3. The number of nitrogens with zero attached hydrogens (tertiary/aromatic N) is 5. The maximum Gasteiger partial charge on any atom is 0.268 e. The van der Waals surface area contributed by atoms with Gasteiger partial charge in [0.1, 0.15) is 5.56 Å². The highest BCUT2D eigenvalue weighted by Crippen LogP contribution is 2.37. The summed E-state index contributed by atoms with van der Waals surface area (Å²) in [6.45, 7) is 3.23. The smallest absolute Gasteiger partial charge is 0.268 e. The van der Waals surface area contributed by atoms with Crippen molar-refractivity contribution in [3.8, 4) is 5.88 Å². The fourth-order valence-electron chi connectivity index (χ4n) is 4.29. The van der Waals surface area contributed by atoms with Gasteiger partial charge in [0.05, 0.1) is 22.3 Å². The number of carbonyl (C=O) groups is 2. The second kappa shape index (κ2) is 10.8. The topological polar surface area (TPSA) is 103 Å². The Bertz CT molecular complexity index is 1290. The first-order chi connectivity index (χ1) is 17.9. The van der Waals surface area contributed by atoms with Gasteiger partial charge >= 0.3 is 0 Å². The van der Waals surface area contributed by atoms with Crippen LogP contribution in [0.1, 0.15) is 10.4 Å². The van der Waals surface area contributed by atoms with Gasteiger partial charge in [-0.15, -0.1) is 0 Å². The van der Waals surface area contributed by atoms with Crippen molar-refractivity contribution in [2.24, 2.45) is 0 Å². The third-order valence-electron chi connectivity index (χ3n) is 6.22. The minimum absolute atomic E-state index is 0.0751. The van der Waals surface area contributed by atoms with Crippen molar-refractivity contribution in [2.75, 3.05) is 61.6 Å². The Kier molecular flexibility index (Phi) is 7.31. The first-order valence-electron chi connectivity index (χ1n) is 11.7. The van der Waals surface area contributed by atoms with Crippen LogP contribution in [0, 0.1) is 0 Å². The molecule has 1 saturated heterocycles. The van der Waals surface area contributed by atoms with Crippen molar-refractivity contribution < 1.29 is 14.3 Å². The monoisotopic (exact) mass is 541 g/mol. The Morgan fingerprint density at radius 1 is 1.05 bits per heavy atom. The molecule has 0 saturated carbocycles. The van der Waals surface area contributed by atoms with E-state index in [-0.39, 0.29) is 30.0 Å². The van der Waals surface area contributed by atoms with Crippen LogP contribution in [-0.2, 0) is 4.79 Å². The second-order valence-corrected chi connectivity index (χ2v) is 9.37. The molecule has 12 heteroatoms. The fraction of sp³-hybridized carbons (Fsp3) is 0.280. The van der Waals surface area contributed by atoms with E-state index in [1.54, 1.807) is 25.2 Å². The van der Waals surface area contributed by atoms with Crippen molar-refractivity contribution in [3.05, 3.63) is 64.3 Å². The van der Waals surface area contributed by atoms with Crippen molar-refractivity contribution >= 4 is 58.0 Å². The van der Waals surface area contributed by atoms with E-state index < -0.39 is 0 Å². The van der Waals surface area contributed by atoms with E-state index >= 15 is 0 Å². The van der Waals surface area contributed by atoms with Gasteiger partial charge in [0.2, 0.25) is 17.7 Å². The number of aromatic nitrogens is 2. The molecule has 2 aromatic carbocycles. The van der Waals surface area contributed by atoms with Gasteiger partial charge in [0.25, 0.3) is 5.91 Å². The lowest BCUT2D eigenvalue weighted by atomic mass is 10.2. The quantitative estimate of drug-likeness (QED) is 0.489. The summed E-state index contributed by atoms with van der Waals surface area (Å²) in [5, 5.41) is 6.75. The molecular weight excluding hydrogens is 517 g/mol. The number of hydrogen-bond donors (Lipinski definition) is 2. The first-order valence-corrected chi connectivity index (χ1v) is 12.5. The molecule has 192 valence electrons. The van der Waals surface area contributed by atoms with Crippen LogP contribution in [0.5, 0.6) is 5.88 Å². The number of fused-ring (bicyclic) bond motifs is 1. The van der Waals surface area contributed by atoms with Crippen molar-refractivity contribution in [2.45, 2.75) is 0 Å². The van der Waals surface area contributed by atoms with Crippen LogP contribution in [0.25, 0.3) is 0 Å². The third-order valence-corrected chi connectivity index (χ3v) is 6.83. The molecule has 3 heterocycles. The van der Waals surface area contributed by atoms with Crippen molar-refractivity contribution in [1.29, 1.82) is 0 Å². The molecule has 2 aliphatic rings. The minimum atomic E-state index is -0.347. The molecule has 10 nitrogen and oxygen atoms in total. The molecule has 0 bridgehead atoms. The van der Waals surface area contributed by atoms with Crippen LogP contribution in [0.4, 0.5) is 23.0 Å². The van der Waals surface area contributed by atoms with Gasteiger partial charge in [-0.3, -0.25) is 14.5 Å². The lowest BCUT2D eigenvalue weighted by molar-refractivity contribution is -0.130. The SMILES string of the molecule is CNCC(=O)N1CCN(c2ccc(Nc3ncc4c(n3)OCN(c3c(Cl)cccc3Cl)C4=O)cc2)CC1. The molecule has 37 heavy (non-hydrogen) atoms. The summed E-state index contributed by atoms with van der Waals surface area (Å²) in [5.74, 6) is 0.266. The lowest BCUT2D eigenvalue weighted by Gasteiger charge is -2.36. The van der Waals surface area contributed by atoms with Gasteiger partial charge < -0.3 is 25.2 Å². The van der Waals surface area contributed by atoms with Crippen molar-refractivity contribution in [1.82, 2.24) is 20.2 Å². The zero-order chi connectivity index (χ0) is 25.9. The highest BCUT2D eigenvalue weighted by atomic mass is 35.5. The Morgan fingerprint density at radius 3 is 2.43 bits per heavy atom. The summed E-state index contributed by atoms with van der Waals surface area (Å²) in [5.41, 5.74) is 2.47. The Balaban J connectivity index is 1.23. The van der Waals surface area contributed by atoms with E-state index in [0.29, 0.717) is 41.3 Å². The number of likely N-dealkylation sites (N-methyl/N-ethyl adjacent to an activating group) is 1. The Labute approximate surface area is 224 Å². The Morgan fingerprint density at radius 2 is 1.76 bits per heavy atom. The van der Waals surface area contributed by atoms with Crippen LogP contribution in [-0.4, -0.2) is 73.2 Å². The molecule has 0 spiro atoms. The lowest BCUT2D eigenvalue weighted by Crippen LogP contribution is -2.50. The number of piperazine rings is 1. The van der Waals surface area contributed by atoms with Crippen LogP contribution < -0.4 is 25.2 Å². The predicted molar refractivity (Wildman–Crippen MR) is 143 cm³/mol. The number of ether oxygens (including phenoxy) is 1. The van der Waals surface area contributed by atoms with E-state index in [0.717, 1.165) is 24.5 Å². The zero-order valence-electron chi connectivity index (χ0n) is 20.1. The molecule has 0 radical (unpaired) electrons.